The molecule has 0 radical (unpaired) electrons. The fraction of sp³-hybridized carbons (Fsp3) is 0.167. The Balaban J connectivity index is 1.25. The maximum atomic E-state index is 13.6. The molecule has 1 fully saturated rings. The second-order valence-electron chi connectivity index (χ2n) is 9.83. The summed E-state index contributed by atoms with van der Waals surface area (Å²) in [4.78, 5) is 42.9. The quantitative estimate of drug-likeness (QED) is 0.123. The number of thioether (sulfide) groups is 1. The molecule has 0 bridgehead atoms. The van der Waals surface area contributed by atoms with Crippen molar-refractivity contribution in [3.05, 3.63) is 130 Å². The summed E-state index contributed by atoms with van der Waals surface area (Å²) >= 11 is 7.34. The highest BCUT2D eigenvalue weighted by Crippen LogP contribution is 2.44. The molecule has 0 aliphatic carbocycles. The van der Waals surface area contributed by atoms with E-state index >= 15 is 0 Å². The van der Waals surface area contributed by atoms with Crippen LogP contribution >= 0.6 is 24.0 Å². The van der Waals surface area contributed by atoms with Gasteiger partial charge in [0.15, 0.2) is 5.82 Å². The van der Waals surface area contributed by atoms with Crippen molar-refractivity contribution in [1.29, 1.82) is 0 Å². The Labute approximate surface area is 255 Å². The van der Waals surface area contributed by atoms with Crippen LogP contribution < -0.4 is 5.32 Å². The number of nitro benzene ring substituents is 1. The molecule has 2 N–H and O–H groups in total. The van der Waals surface area contributed by atoms with E-state index in [0.717, 1.165) is 11.1 Å². The number of H-pyrrole nitrogens is 1. The smallest absolute Gasteiger partial charge is 0.269 e. The van der Waals surface area contributed by atoms with E-state index < -0.39 is 28.4 Å². The summed E-state index contributed by atoms with van der Waals surface area (Å²) < 4.78 is 6.48. The molecule has 3 aromatic carbocycles. The third-order valence-corrected chi connectivity index (χ3v) is 8.66. The summed E-state index contributed by atoms with van der Waals surface area (Å²) in [5, 5.41) is 20.4. The van der Waals surface area contributed by atoms with Crippen LogP contribution in [-0.2, 0) is 20.7 Å². The third kappa shape index (κ3) is 5.76. The Morgan fingerprint density at radius 1 is 1.12 bits per heavy atom. The minimum Gasteiger partial charge on any atom is -0.469 e. The van der Waals surface area contributed by atoms with Crippen LogP contribution in [0.4, 0.5) is 5.69 Å². The second kappa shape index (κ2) is 12.2. The largest absolute Gasteiger partial charge is 0.469 e. The van der Waals surface area contributed by atoms with Gasteiger partial charge < -0.3 is 10.1 Å². The van der Waals surface area contributed by atoms with E-state index in [0.29, 0.717) is 28.4 Å². The van der Waals surface area contributed by atoms with Crippen molar-refractivity contribution in [2.75, 3.05) is 5.75 Å². The summed E-state index contributed by atoms with van der Waals surface area (Å²) in [7, 11) is 0. The van der Waals surface area contributed by atoms with E-state index in [4.69, 9.17) is 17.0 Å². The number of thiocarbonyl (C=S) groups is 1. The number of amides is 2. The van der Waals surface area contributed by atoms with Gasteiger partial charge in [0.2, 0.25) is 11.0 Å². The predicted octanol–water partition coefficient (Wildman–Crippen LogP) is 4.20. The van der Waals surface area contributed by atoms with Crippen molar-refractivity contribution in [3.8, 4) is 0 Å². The van der Waals surface area contributed by atoms with Gasteiger partial charge in [0.1, 0.15) is 29.5 Å². The number of benzene rings is 3. The van der Waals surface area contributed by atoms with E-state index in [1.54, 1.807) is 11.0 Å². The van der Waals surface area contributed by atoms with Crippen molar-refractivity contribution in [1.82, 2.24) is 25.4 Å². The van der Waals surface area contributed by atoms with E-state index in [9.17, 15) is 19.7 Å². The molecule has 2 aliphatic rings. The number of ether oxygens (including phenoxy) is 1. The van der Waals surface area contributed by atoms with E-state index in [-0.39, 0.29) is 23.1 Å². The predicted molar refractivity (Wildman–Crippen MR) is 164 cm³/mol. The Bertz CT molecular complexity index is 1680. The average Bonchev–Trinajstić information content (AvgIpc) is 3.57. The zero-order valence-electron chi connectivity index (χ0n) is 22.5. The van der Waals surface area contributed by atoms with Crippen molar-refractivity contribution >= 4 is 52.1 Å². The number of hydrogen-bond acceptors (Lipinski definition) is 9. The molecule has 216 valence electrons. The van der Waals surface area contributed by atoms with Gasteiger partial charge in [0, 0.05) is 23.5 Å². The number of fused-ring (bicyclic) bond motifs is 1. The Hall–Kier alpha value is -4.88. The highest BCUT2D eigenvalue weighted by molar-refractivity contribution is 8.00. The van der Waals surface area contributed by atoms with E-state index in [2.05, 4.69) is 20.5 Å². The number of non-ortho nitro benzene ring substituents is 1. The van der Waals surface area contributed by atoms with E-state index in [1.807, 2.05) is 60.7 Å². The molecule has 4 aromatic rings. The van der Waals surface area contributed by atoms with Crippen LogP contribution in [0.1, 0.15) is 28.6 Å². The van der Waals surface area contributed by atoms with Crippen LogP contribution in [0, 0.1) is 10.1 Å². The van der Waals surface area contributed by atoms with Gasteiger partial charge in [-0.3, -0.25) is 29.7 Å². The molecule has 2 aliphatic heterocycles. The van der Waals surface area contributed by atoms with Crippen molar-refractivity contribution in [3.63, 3.8) is 0 Å². The van der Waals surface area contributed by atoms with Gasteiger partial charge in [-0.2, -0.15) is 5.10 Å². The molecule has 13 heteroatoms. The number of carbonyl (C=O) groups is 2. The summed E-state index contributed by atoms with van der Waals surface area (Å²) in [5.74, 6) is 0.131. The monoisotopic (exact) mass is 612 g/mol. The second-order valence-corrected chi connectivity index (χ2v) is 11.3. The third-order valence-electron chi connectivity index (χ3n) is 7.09. The average molecular weight is 613 g/mol. The van der Waals surface area contributed by atoms with E-state index in [1.165, 1.54) is 36.3 Å². The summed E-state index contributed by atoms with van der Waals surface area (Å²) in [6.07, 6.45) is 0.742. The lowest BCUT2D eigenvalue weighted by molar-refractivity contribution is -0.384. The summed E-state index contributed by atoms with van der Waals surface area (Å²) in [5.41, 5.74) is 3.22. The highest BCUT2D eigenvalue weighted by atomic mass is 32.2. The minimum absolute atomic E-state index is 0.105. The first kappa shape index (κ1) is 28.2. The van der Waals surface area contributed by atoms with Crippen LogP contribution in [0.25, 0.3) is 5.57 Å². The first-order valence-corrected chi connectivity index (χ1v) is 14.7. The number of rotatable bonds is 9. The molecule has 0 saturated carbocycles. The molecule has 0 unspecified atom stereocenters. The van der Waals surface area contributed by atoms with Crippen molar-refractivity contribution < 1.29 is 19.2 Å². The first-order chi connectivity index (χ1) is 20.9. The van der Waals surface area contributed by atoms with Gasteiger partial charge >= 0.3 is 0 Å². The normalized spacial score (nSPS) is 17.7. The number of nitrogens with zero attached hydrogens (tertiary/aromatic N) is 4. The number of carbonyl (C=O) groups excluding carboxylic acids is 2. The minimum atomic E-state index is -0.802. The first-order valence-electron chi connectivity index (χ1n) is 13.3. The standard InChI is InChI=1S/C30H24N6O5S2/c37-23(15-18-8-7-13-21(14-18)36(39)40)33-24-28(38)35-25(22(16-43-29(24)35)27-31-17-32-34-27)30(42)41-26(19-9-3-1-4-10-19)20-11-5-2-6-12-20/h1-14,17,24,26,29H,15-16H2,(H,33,37)(H,31,32,34)/t24-,29-/m1/s1. The Morgan fingerprint density at radius 2 is 1.81 bits per heavy atom. The van der Waals surface area contributed by atoms with Crippen LogP contribution in [0.5, 0.6) is 0 Å². The number of β-lactam (4-membered cyclic amide) rings is 1. The number of hydrogen-bond donors (Lipinski definition) is 2. The zero-order chi connectivity index (χ0) is 29.9. The Morgan fingerprint density at radius 3 is 2.44 bits per heavy atom. The van der Waals surface area contributed by atoms with Crippen molar-refractivity contribution in [2.45, 2.75) is 23.9 Å². The van der Waals surface area contributed by atoms with Gasteiger partial charge in [0.05, 0.1) is 11.3 Å². The molecule has 2 atom stereocenters. The number of nitrogens with one attached hydrogen (secondary N) is 2. The summed E-state index contributed by atoms with van der Waals surface area (Å²) in [6, 6.07) is 24.4. The van der Waals surface area contributed by atoms with Crippen LogP contribution in [-0.4, -0.2) is 59.0 Å². The molecule has 3 heterocycles. The Kier molecular flexibility index (Phi) is 7.99. The molecule has 43 heavy (non-hydrogen) atoms. The zero-order valence-corrected chi connectivity index (χ0v) is 24.1. The van der Waals surface area contributed by atoms with Gasteiger partial charge in [-0.25, -0.2) is 4.98 Å². The fourth-order valence-corrected chi connectivity index (χ4v) is 6.74. The lowest BCUT2D eigenvalue weighted by Crippen LogP contribution is -2.70. The number of aromatic amines is 1. The lowest BCUT2D eigenvalue weighted by atomic mass is 10.0. The van der Waals surface area contributed by atoms with Gasteiger partial charge in [0.25, 0.3) is 11.6 Å². The SMILES string of the molecule is O=C(Cc1cccc([N+](=O)[O-])c1)N[C@@H]1C(=O)N2C(C(=S)OC(c3ccccc3)c3ccccc3)=C(c3ncn[nH]3)CS[C@H]12. The summed E-state index contributed by atoms with van der Waals surface area (Å²) in [6.45, 7) is 0. The molecule has 1 saturated heterocycles. The topological polar surface area (TPSA) is 143 Å². The van der Waals surface area contributed by atoms with Gasteiger partial charge in [-0.15, -0.1) is 11.8 Å². The number of nitro groups is 1. The van der Waals surface area contributed by atoms with Crippen LogP contribution in [0.2, 0.25) is 0 Å². The lowest BCUT2D eigenvalue weighted by Gasteiger charge is -2.50. The molecule has 2 amide bonds. The molecule has 11 nitrogen and oxygen atoms in total. The molecule has 6 rings (SSSR count). The maximum absolute atomic E-state index is 13.6. The van der Waals surface area contributed by atoms with Crippen molar-refractivity contribution in [2.24, 2.45) is 0 Å². The molecular formula is C30H24N6O5S2. The number of aromatic nitrogens is 3. The van der Waals surface area contributed by atoms with Gasteiger partial charge in [-0.05, 0) is 28.9 Å². The van der Waals surface area contributed by atoms with Gasteiger partial charge in [-0.1, -0.05) is 72.8 Å². The molecule has 1 aromatic heterocycles. The molecule has 0 spiro atoms. The maximum Gasteiger partial charge on any atom is 0.269 e. The van der Waals surface area contributed by atoms with Crippen LogP contribution in [0.3, 0.4) is 0 Å². The van der Waals surface area contributed by atoms with Crippen LogP contribution in [0.15, 0.2) is 97.0 Å². The highest BCUT2D eigenvalue weighted by Gasteiger charge is 2.54. The molecular weight excluding hydrogens is 589 g/mol. The fourth-order valence-electron chi connectivity index (χ4n) is 5.08.